The van der Waals surface area contributed by atoms with Gasteiger partial charge in [-0.05, 0) is 37.5 Å². The first-order valence-corrected chi connectivity index (χ1v) is 11.4. The Morgan fingerprint density at radius 1 is 1.06 bits per heavy atom. The number of rotatable bonds is 17. The number of urea groups is 1. The normalized spacial score (nSPS) is 12.8. The van der Waals surface area contributed by atoms with E-state index in [9.17, 15) is 36.6 Å². The third-order valence-electron chi connectivity index (χ3n) is 5.07. The molecule has 0 saturated heterocycles. The summed E-state index contributed by atoms with van der Waals surface area (Å²) in [6.07, 6.45) is -8.23. The molecule has 2 amide bonds. The number of carbonyl (C=O) groups is 2. The van der Waals surface area contributed by atoms with Crippen LogP contribution < -0.4 is 10.1 Å². The molecule has 1 rings (SSSR count). The van der Waals surface area contributed by atoms with Crippen LogP contribution in [0.5, 0.6) is 5.75 Å². The Balaban J connectivity index is 2.61. The molecule has 0 aromatic heterocycles. The lowest BCUT2D eigenvalue weighted by molar-refractivity contribution is -0.284. The number of halogens is 5. The summed E-state index contributed by atoms with van der Waals surface area (Å²) in [7, 11) is 1.45. The first-order chi connectivity index (χ1) is 16.9. The molecule has 0 heterocycles. The molecular formula is C23H33F5N2O6. The maximum atomic E-state index is 13.1. The Hall–Kier alpha value is -2.67. The van der Waals surface area contributed by atoms with Crippen molar-refractivity contribution >= 4 is 12.0 Å². The van der Waals surface area contributed by atoms with Gasteiger partial charge in [0.2, 0.25) is 0 Å². The van der Waals surface area contributed by atoms with E-state index in [2.05, 4.69) is 5.32 Å². The van der Waals surface area contributed by atoms with Crippen molar-refractivity contribution in [2.45, 2.75) is 50.8 Å². The molecule has 1 unspecified atom stereocenters. The number of nitrogens with one attached hydrogen (secondary N) is 1. The van der Waals surface area contributed by atoms with Crippen molar-refractivity contribution in [2.75, 3.05) is 46.6 Å². The van der Waals surface area contributed by atoms with Gasteiger partial charge >= 0.3 is 24.1 Å². The Kier molecular flexibility index (Phi) is 13.5. The van der Waals surface area contributed by atoms with Gasteiger partial charge in [0.05, 0.1) is 13.2 Å². The second-order valence-electron chi connectivity index (χ2n) is 7.85. The van der Waals surface area contributed by atoms with Crippen molar-refractivity contribution in [3.05, 3.63) is 29.8 Å². The highest BCUT2D eigenvalue weighted by molar-refractivity contribution is 5.74. The zero-order valence-corrected chi connectivity index (χ0v) is 20.3. The molecule has 0 saturated carbocycles. The van der Waals surface area contributed by atoms with Crippen molar-refractivity contribution in [2.24, 2.45) is 0 Å². The van der Waals surface area contributed by atoms with Crippen molar-refractivity contribution in [1.82, 2.24) is 10.2 Å². The van der Waals surface area contributed by atoms with E-state index in [4.69, 9.17) is 14.2 Å². The van der Waals surface area contributed by atoms with Gasteiger partial charge in [0.15, 0.2) is 6.10 Å². The van der Waals surface area contributed by atoms with Gasteiger partial charge in [-0.2, -0.15) is 22.0 Å². The van der Waals surface area contributed by atoms with E-state index in [1.54, 1.807) is 31.2 Å². The van der Waals surface area contributed by atoms with E-state index in [1.165, 1.54) is 12.0 Å². The fourth-order valence-corrected chi connectivity index (χ4v) is 3.11. The van der Waals surface area contributed by atoms with Gasteiger partial charge < -0.3 is 29.5 Å². The van der Waals surface area contributed by atoms with Crippen LogP contribution in [0.4, 0.5) is 26.7 Å². The quantitative estimate of drug-likeness (QED) is 0.233. The van der Waals surface area contributed by atoms with E-state index in [-0.39, 0.29) is 52.3 Å². The first kappa shape index (κ1) is 31.4. The van der Waals surface area contributed by atoms with Crippen LogP contribution in [-0.2, 0) is 20.7 Å². The number of alkyl halides is 5. The zero-order chi connectivity index (χ0) is 27.2. The SMILES string of the molecule is CCOC(Cc1ccc(OCCN(CCCCC(F)(F)C(F)(F)F)C(=O)NCCOC)cc1)C(=O)O. The largest absolute Gasteiger partial charge is 0.492 e. The number of ether oxygens (including phenoxy) is 3. The average molecular weight is 529 g/mol. The topological polar surface area (TPSA) is 97.3 Å². The smallest absolute Gasteiger partial charge is 0.453 e. The molecule has 1 atom stereocenters. The maximum Gasteiger partial charge on any atom is 0.453 e. The number of hydrogen-bond acceptors (Lipinski definition) is 5. The third-order valence-corrected chi connectivity index (χ3v) is 5.07. The summed E-state index contributed by atoms with van der Waals surface area (Å²) < 4.78 is 78.8. The predicted octanol–water partition coefficient (Wildman–Crippen LogP) is 4.12. The van der Waals surface area contributed by atoms with E-state index in [0.717, 1.165) is 5.56 Å². The number of methoxy groups -OCH3 is 1. The highest BCUT2D eigenvalue weighted by atomic mass is 19.4. The van der Waals surface area contributed by atoms with Crippen molar-refractivity contribution in [3.8, 4) is 5.75 Å². The lowest BCUT2D eigenvalue weighted by Gasteiger charge is -2.24. The summed E-state index contributed by atoms with van der Waals surface area (Å²) in [5.74, 6) is -5.39. The molecule has 0 fully saturated rings. The molecule has 0 spiro atoms. The number of carbonyl (C=O) groups excluding carboxylic acids is 1. The van der Waals surface area contributed by atoms with E-state index in [0.29, 0.717) is 5.75 Å². The molecule has 0 aliphatic rings. The van der Waals surface area contributed by atoms with Crippen LogP contribution >= 0.6 is 0 Å². The fraction of sp³-hybridized carbons (Fsp3) is 0.652. The Labute approximate surface area is 206 Å². The second kappa shape index (κ2) is 15.4. The number of unbranched alkanes of at least 4 members (excludes halogenated alkanes) is 1. The van der Waals surface area contributed by atoms with Gasteiger partial charge in [0.1, 0.15) is 12.4 Å². The van der Waals surface area contributed by atoms with Gasteiger partial charge in [0.25, 0.3) is 0 Å². The number of aliphatic carboxylic acids is 1. The summed E-state index contributed by atoms with van der Waals surface area (Å²) in [6, 6.07) is 6.09. The summed E-state index contributed by atoms with van der Waals surface area (Å²) in [6.45, 7) is 2.45. The lowest BCUT2D eigenvalue weighted by Crippen LogP contribution is -2.43. The highest BCUT2D eigenvalue weighted by Gasteiger charge is 2.56. The molecule has 2 N–H and O–H groups in total. The molecule has 36 heavy (non-hydrogen) atoms. The minimum atomic E-state index is -5.61. The summed E-state index contributed by atoms with van der Waals surface area (Å²) in [4.78, 5) is 24.9. The second-order valence-corrected chi connectivity index (χ2v) is 7.85. The molecule has 1 aromatic carbocycles. The number of nitrogens with zero attached hydrogens (tertiary/aromatic N) is 1. The lowest BCUT2D eigenvalue weighted by atomic mass is 10.1. The molecule has 8 nitrogen and oxygen atoms in total. The van der Waals surface area contributed by atoms with Crippen LogP contribution in [0.25, 0.3) is 0 Å². The van der Waals surface area contributed by atoms with Crippen LogP contribution in [0.3, 0.4) is 0 Å². The molecule has 206 valence electrons. The molecule has 0 bridgehead atoms. The minimum Gasteiger partial charge on any atom is -0.492 e. The van der Waals surface area contributed by atoms with Gasteiger partial charge in [-0.15, -0.1) is 0 Å². The average Bonchev–Trinajstić information content (AvgIpc) is 2.80. The van der Waals surface area contributed by atoms with Crippen LogP contribution in [0.1, 0.15) is 31.7 Å². The number of carboxylic acid groups (broad SMARTS) is 1. The predicted molar refractivity (Wildman–Crippen MR) is 120 cm³/mol. The molecule has 0 aliphatic heterocycles. The standard InChI is InChI=1S/C23H33F5N2O6/c1-3-35-19(20(31)32)16-17-6-8-18(9-7-17)36-15-13-30(21(33)29-11-14-34-2)12-5-4-10-22(24,25)23(26,27)28/h6-9,19H,3-5,10-16H2,1-2H3,(H,29,33)(H,31,32). The van der Waals surface area contributed by atoms with Gasteiger partial charge in [-0.25, -0.2) is 9.59 Å². The summed E-state index contributed by atoms with van der Waals surface area (Å²) in [5.41, 5.74) is 0.720. The third kappa shape index (κ3) is 11.4. The summed E-state index contributed by atoms with van der Waals surface area (Å²) in [5, 5.41) is 11.8. The molecular weight excluding hydrogens is 495 g/mol. The van der Waals surface area contributed by atoms with Crippen LogP contribution in [0.2, 0.25) is 0 Å². The molecule has 0 aliphatic carbocycles. The minimum absolute atomic E-state index is 0.0342. The number of hydrogen-bond donors (Lipinski definition) is 2. The number of carboxylic acids is 1. The van der Waals surface area contributed by atoms with Gasteiger partial charge in [-0.1, -0.05) is 12.1 Å². The Morgan fingerprint density at radius 3 is 2.28 bits per heavy atom. The highest BCUT2D eigenvalue weighted by Crippen LogP contribution is 2.39. The molecule has 1 aromatic rings. The van der Waals surface area contributed by atoms with Gasteiger partial charge in [0, 0.05) is 39.6 Å². The van der Waals surface area contributed by atoms with E-state index < -0.39 is 43.0 Å². The Morgan fingerprint density at radius 2 is 1.72 bits per heavy atom. The number of amides is 2. The van der Waals surface area contributed by atoms with Gasteiger partial charge in [-0.3, -0.25) is 0 Å². The van der Waals surface area contributed by atoms with E-state index in [1.807, 2.05) is 0 Å². The Bertz CT molecular complexity index is 792. The molecule has 13 heteroatoms. The maximum absolute atomic E-state index is 13.1. The number of benzene rings is 1. The first-order valence-electron chi connectivity index (χ1n) is 11.4. The van der Waals surface area contributed by atoms with Crippen LogP contribution in [0, 0.1) is 0 Å². The van der Waals surface area contributed by atoms with Crippen molar-refractivity contribution in [1.29, 1.82) is 0 Å². The van der Waals surface area contributed by atoms with Crippen molar-refractivity contribution < 1.29 is 50.9 Å². The molecule has 0 radical (unpaired) electrons. The van der Waals surface area contributed by atoms with E-state index >= 15 is 0 Å². The van der Waals surface area contributed by atoms with Crippen molar-refractivity contribution in [3.63, 3.8) is 0 Å². The van der Waals surface area contributed by atoms with Crippen LogP contribution in [0.15, 0.2) is 24.3 Å². The fourth-order valence-electron chi connectivity index (χ4n) is 3.11. The van der Waals surface area contributed by atoms with Crippen LogP contribution in [-0.4, -0.2) is 86.8 Å². The summed E-state index contributed by atoms with van der Waals surface area (Å²) >= 11 is 0. The monoisotopic (exact) mass is 528 g/mol. The zero-order valence-electron chi connectivity index (χ0n) is 20.3.